The molecule has 4 heteroatoms. The van der Waals surface area contributed by atoms with E-state index in [1.807, 2.05) is 22.4 Å². The van der Waals surface area contributed by atoms with Crippen molar-refractivity contribution in [3.05, 3.63) is 22.4 Å². The van der Waals surface area contributed by atoms with E-state index >= 15 is 0 Å². The van der Waals surface area contributed by atoms with Gasteiger partial charge in [0.05, 0.1) is 4.88 Å². The molecule has 2 heterocycles. The first-order valence-electron chi connectivity index (χ1n) is 6.34. The predicted molar refractivity (Wildman–Crippen MR) is 71.5 cm³/mol. The van der Waals surface area contributed by atoms with Gasteiger partial charge in [-0.2, -0.15) is 0 Å². The normalized spacial score (nSPS) is 17.0. The van der Waals surface area contributed by atoms with Gasteiger partial charge in [-0.25, -0.2) is 0 Å². The van der Waals surface area contributed by atoms with Crippen molar-refractivity contribution in [1.82, 2.24) is 10.2 Å². The van der Waals surface area contributed by atoms with Gasteiger partial charge in [0.2, 0.25) is 0 Å². The second-order valence-corrected chi connectivity index (χ2v) is 5.46. The predicted octanol–water partition coefficient (Wildman–Crippen LogP) is 2.21. The third-order valence-electron chi connectivity index (χ3n) is 3.34. The van der Waals surface area contributed by atoms with Crippen molar-refractivity contribution < 1.29 is 4.79 Å². The molecular formula is C13H20N2OS. The number of carbonyl (C=O) groups is 1. The second kappa shape index (κ2) is 6.17. The molecular weight excluding hydrogens is 232 g/mol. The van der Waals surface area contributed by atoms with E-state index in [1.165, 1.54) is 24.2 Å². The van der Waals surface area contributed by atoms with Gasteiger partial charge in [-0.1, -0.05) is 6.07 Å². The van der Waals surface area contributed by atoms with Crippen molar-refractivity contribution >= 4 is 17.2 Å². The van der Waals surface area contributed by atoms with Gasteiger partial charge < -0.3 is 10.2 Å². The number of hydrogen-bond acceptors (Lipinski definition) is 3. The van der Waals surface area contributed by atoms with Crippen LogP contribution in [0.1, 0.15) is 29.4 Å². The Kier molecular flexibility index (Phi) is 4.57. The van der Waals surface area contributed by atoms with Crippen molar-refractivity contribution in [2.75, 3.05) is 26.2 Å². The van der Waals surface area contributed by atoms with Crippen LogP contribution in [0.3, 0.4) is 0 Å². The summed E-state index contributed by atoms with van der Waals surface area (Å²) >= 11 is 1.53. The number of nitrogens with one attached hydrogen (secondary N) is 1. The van der Waals surface area contributed by atoms with Gasteiger partial charge in [-0.3, -0.25) is 4.79 Å². The van der Waals surface area contributed by atoms with Gasteiger partial charge in [0.1, 0.15) is 0 Å². The van der Waals surface area contributed by atoms with Crippen LogP contribution in [0.25, 0.3) is 0 Å². The van der Waals surface area contributed by atoms with Crippen molar-refractivity contribution in [2.45, 2.75) is 19.8 Å². The molecule has 0 bridgehead atoms. The van der Waals surface area contributed by atoms with Crippen LogP contribution in [0.5, 0.6) is 0 Å². The summed E-state index contributed by atoms with van der Waals surface area (Å²) in [5.74, 6) is 0.862. The number of rotatable bonds is 4. The molecule has 1 aliphatic heterocycles. The molecule has 0 spiro atoms. The Labute approximate surface area is 107 Å². The molecule has 0 radical (unpaired) electrons. The number of nitrogens with zero attached hydrogens (tertiary/aromatic N) is 1. The first kappa shape index (κ1) is 12.6. The maximum absolute atomic E-state index is 12.2. The number of carbonyl (C=O) groups excluding carboxylic acids is 1. The maximum Gasteiger partial charge on any atom is 0.263 e. The summed E-state index contributed by atoms with van der Waals surface area (Å²) in [6.45, 7) is 5.97. The van der Waals surface area contributed by atoms with Gasteiger partial charge in [-0.05, 0) is 50.2 Å². The van der Waals surface area contributed by atoms with Crippen molar-refractivity contribution in [3.8, 4) is 0 Å². The van der Waals surface area contributed by atoms with E-state index < -0.39 is 0 Å². The second-order valence-electron chi connectivity index (χ2n) is 4.51. The maximum atomic E-state index is 12.2. The monoisotopic (exact) mass is 252 g/mol. The van der Waals surface area contributed by atoms with Crippen molar-refractivity contribution in [3.63, 3.8) is 0 Å². The average molecular weight is 252 g/mol. The van der Waals surface area contributed by atoms with Gasteiger partial charge in [-0.15, -0.1) is 11.3 Å². The fourth-order valence-corrected chi connectivity index (χ4v) is 2.98. The summed E-state index contributed by atoms with van der Waals surface area (Å²) < 4.78 is 0. The van der Waals surface area contributed by atoms with E-state index in [0.717, 1.165) is 31.1 Å². The fourth-order valence-electron chi connectivity index (χ4n) is 2.29. The minimum Gasteiger partial charge on any atom is -0.338 e. The zero-order valence-corrected chi connectivity index (χ0v) is 11.1. The number of amides is 1. The summed E-state index contributed by atoms with van der Waals surface area (Å²) in [5, 5.41) is 5.33. The number of thiophene rings is 1. The van der Waals surface area contributed by atoms with Crippen LogP contribution in [0.4, 0.5) is 0 Å². The first-order chi connectivity index (χ1) is 8.31. The highest BCUT2D eigenvalue weighted by molar-refractivity contribution is 7.12. The van der Waals surface area contributed by atoms with Crippen LogP contribution >= 0.6 is 11.3 Å². The molecule has 1 aliphatic rings. The summed E-state index contributed by atoms with van der Waals surface area (Å²) in [6.07, 6.45) is 2.38. The van der Waals surface area contributed by atoms with Crippen LogP contribution in [-0.4, -0.2) is 37.0 Å². The SMILES string of the molecule is CCN(CC1CCNCC1)C(=O)c1cccs1. The zero-order chi connectivity index (χ0) is 12.1. The van der Waals surface area contributed by atoms with E-state index in [1.54, 1.807) is 0 Å². The molecule has 0 saturated carbocycles. The Balaban J connectivity index is 1.93. The highest BCUT2D eigenvalue weighted by atomic mass is 32.1. The zero-order valence-electron chi connectivity index (χ0n) is 10.3. The Morgan fingerprint density at radius 2 is 2.29 bits per heavy atom. The highest BCUT2D eigenvalue weighted by Crippen LogP contribution is 2.17. The Hall–Kier alpha value is -0.870. The molecule has 1 aromatic heterocycles. The lowest BCUT2D eigenvalue weighted by Gasteiger charge is -2.29. The molecule has 0 unspecified atom stereocenters. The molecule has 1 N–H and O–H groups in total. The minimum atomic E-state index is 0.195. The smallest absolute Gasteiger partial charge is 0.263 e. The lowest BCUT2D eigenvalue weighted by atomic mass is 9.97. The molecule has 1 saturated heterocycles. The molecule has 94 valence electrons. The molecule has 1 amide bonds. The largest absolute Gasteiger partial charge is 0.338 e. The molecule has 17 heavy (non-hydrogen) atoms. The van der Waals surface area contributed by atoms with E-state index in [4.69, 9.17) is 0 Å². The van der Waals surface area contributed by atoms with E-state index in [0.29, 0.717) is 5.92 Å². The van der Waals surface area contributed by atoms with E-state index in [-0.39, 0.29) is 5.91 Å². The first-order valence-corrected chi connectivity index (χ1v) is 7.22. The molecule has 0 aromatic carbocycles. The summed E-state index contributed by atoms with van der Waals surface area (Å²) in [4.78, 5) is 15.1. The molecule has 0 atom stereocenters. The quantitative estimate of drug-likeness (QED) is 0.891. The molecule has 1 aromatic rings. The molecule has 0 aliphatic carbocycles. The molecule has 1 fully saturated rings. The topological polar surface area (TPSA) is 32.3 Å². The van der Waals surface area contributed by atoms with E-state index in [9.17, 15) is 4.79 Å². The van der Waals surface area contributed by atoms with Crippen LogP contribution in [0.15, 0.2) is 17.5 Å². The van der Waals surface area contributed by atoms with Gasteiger partial charge in [0.15, 0.2) is 0 Å². The van der Waals surface area contributed by atoms with Crippen LogP contribution < -0.4 is 5.32 Å². The summed E-state index contributed by atoms with van der Waals surface area (Å²) in [6, 6.07) is 3.86. The van der Waals surface area contributed by atoms with Gasteiger partial charge in [0.25, 0.3) is 5.91 Å². The third-order valence-corrected chi connectivity index (χ3v) is 4.20. The molecule has 3 nitrogen and oxygen atoms in total. The average Bonchev–Trinajstić information content (AvgIpc) is 2.90. The van der Waals surface area contributed by atoms with Gasteiger partial charge in [0, 0.05) is 13.1 Å². The van der Waals surface area contributed by atoms with E-state index in [2.05, 4.69) is 12.2 Å². The Morgan fingerprint density at radius 3 is 2.88 bits per heavy atom. The molecule has 2 rings (SSSR count). The summed E-state index contributed by atoms with van der Waals surface area (Å²) in [5.41, 5.74) is 0. The van der Waals surface area contributed by atoms with Crippen LogP contribution in [0.2, 0.25) is 0 Å². The lowest BCUT2D eigenvalue weighted by molar-refractivity contribution is 0.0731. The lowest BCUT2D eigenvalue weighted by Crippen LogP contribution is -2.39. The number of hydrogen-bond donors (Lipinski definition) is 1. The summed E-state index contributed by atoms with van der Waals surface area (Å²) in [7, 11) is 0. The third kappa shape index (κ3) is 3.30. The van der Waals surface area contributed by atoms with Crippen LogP contribution in [-0.2, 0) is 0 Å². The highest BCUT2D eigenvalue weighted by Gasteiger charge is 2.20. The number of piperidine rings is 1. The Bertz CT molecular complexity index is 344. The van der Waals surface area contributed by atoms with Gasteiger partial charge >= 0.3 is 0 Å². The van der Waals surface area contributed by atoms with Crippen molar-refractivity contribution in [1.29, 1.82) is 0 Å². The standard InChI is InChI=1S/C13H20N2OS/c1-2-15(10-11-5-7-14-8-6-11)13(16)12-4-3-9-17-12/h3-4,9,11,14H,2,5-8,10H2,1H3. The fraction of sp³-hybridized carbons (Fsp3) is 0.615. The minimum absolute atomic E-state index is 0.195. The Morgan fingerprint density at radius 1 is 1.53 bits per heavy atom. The van der Waals surface area contributed by atoms with Crippen LogP contribution in [0, 0.1) is 5.92 Å². The van der Waals surface area contributed by atoms with Crippen molar-refractivity contribution in [2.24, 2.45) is 5.92 Å².